The number of anilines is 1. The van der Waals surface area contributed by atoms with Crippen molar-refractivity contribution in [3.8, 4) is 0 Å². The molecular formula is C23H31Cl2N3O2. The number of aryl methyl sites for hydroxylation is 2. The van der Waals surface area contributed by atoms with Crippen molar-refractivity contribution in [2.24, 2.45) is 0 Å². The molecule has 0 aliphatic rings. The van der Waals surface area contributed by atoms with Crippen molar-refractivity contribution in [3.63, 3.8) is 0 Å². The molecule has 0 bridgehead atoms. The predicted octanol–water partition coefficient (Wildman–Crippen LogP) is 4.53. The van der Waals surface area contributed by atoms with Gasteiger partial charge in [-0.15, -0.1) is 23.2 Å². The van der Waals surface area contributed by atoms with Crippen molar-refractivity contribution < 1.29 is 9.59 Å². The van der Waals surface area contributed by atoms with Crippen LogP contribution in [0.4, 0.5) is 5.69 Å². The van der Waals surface area contributed by atoms with Gasteiger partial charge in [0.15, 0.2) is 0 Å². The summed E-state index contributed by atoms with van der Waals surface area (Å²) in [6.07, 6.45) is 1.25. The smallest absolute Gasteiger partial charge is 0.251 e. The van der Waals surface area contributed by atoms with Crippen molar-refractivity contribution in [3.05, 3.63) is 77.9 Å². The van der Waals surface area contributed by atoms with Gasteiger partial charge in [0.05, 0.1) is 0 Å². The van der Waals surface area contributed by atoms with E-state index in [1.54, 1.807) is 12.1 Å². The molecular weight excluding hydrogens is 421 g/mol. The lowest BCUT2D eigenvalue weighted by Crippen LogP contribution is -2.25. The molecule has 0 aliphatic heterocycles. The molecule has 0 spiro atoms. The van der Waals surface area contributed by atoms with E-state index in [1.165, 1.54) is 11.6 Å². The zero-order chi connectivity index (χ0) is 22.8. The number of alkyl halides is 2. The maximum absolute atomic E-state index is 11.3. The van der Waals surface area contributed by atoms with Crippen LogP contribution in [0.25, 0.3) is 0 Å². The van der Waals surface area contributed by atoms with Crippen LogP contribution in [0.1, 0.15) is 21.5 Å². The number of carbonyl (C=O) groups is 2. The zero-order valence-electron chi connectivity index (χ0n) is 17.8. The summed E-state index contributed by atoms with van der Waals surface area (Å²) in [5.74, 6) is 0.896. The summed E-state index contributed by atoms with van der Waals surface area (Å²) >= 11 is 10.7. The molecule has 164 valence electrons. The van der Waals surface area contributed by atoms with Crippen molar-refractivity contribution in [2.45, 2.75) is 13.8 Å². The first-order valence-corrected chi connectivity index (χ1v) is 10.6. The SMILES string of the molecule is C=CC(=O)Nc1ccc(C)cc1.CNCCCl.Cc1ccc(C(=O)NCCCl)cc1. The second kappa shape index (κ2) is 17.5. The Labute approximate surface area is 189 Å². The van der Waals surface area contributed by atoms with E-state index in [-0.39, 0.29) is 11.8 Å². The van der Waals surface area contributed by atoms with Gasteiger partial charge in [-0.05, 0) is 51.2 Å². The monoisotopic (exact) mass is 451 g/mol. The van der Waals surface area contributed by atoms with Gasteiger partial charge in [-0.3, -0.25) is 9.59 Å². The lowest BCUT2D eigenvalue weighted by molar-refractivity contribution is -0.111. The van der Waals surface area contributed by atoms with Gasteiger partial charge < -0.3 is 16.0 Å². The van der Waals surface area contributed by atoms with E-state index in [9.17, 15) is 9.59 Å². The molecule has 0 aliphatic carbocycles. The highest BCUT2D eigenvalue weighted by atomic mass is 35.5. The summed E-state index contributed by atoms with van der Waals surface area (Å²) < 4.78 is 0. The number of halogens is 2. The Balaban J connectivity index is 0.000000461. The fourth-order valence-electron chi connectivity index (χ4n) is 1.89. The van der Waals surface area contributed by atoms with E-state index in [0.29, 0.717) is 23.9 Å². The van der Waals surface area contributed by atoms with Crippen molar-refractivity contribution >= 4 is 40.7 Å². The summed E-state index contributed by atoms with van der Waals surface area (Å²) in [6.45, 7) is 8.76. The molecule has 0 fully saturated rings. The largest absolute Gasteiger partial charge is 0.351 e. The molecule has 0 saturated carbocycles. The van der Waals surface area contributed by atoms with E-state index < -0.39 is 0 Å². The molecule has 0 unspecified atom stereocenters. The van der Waals surface area contributed by atoms with Crippen molar-refractivity contribution in [1.82, 2.24) is 10.6 Å². The molecule has 2 aromatic rings. The first-order chi connectivity index (χ1) is 14.4. The Morgan fingerprint density at radius 1 is 0.900 bits per heavy atom. The topological polar surface area (TPSA) is 70.2 Å². The van der Waals surface area contributed by atoms with Gasteiger partial charge >= 0.3 is 0 Å². The fourth-order valence-corrected chi connectivity index (χ4v) is 2.18. The average molecular weight is 452 g/mol. The van der Waals surface area contributed by atoms with Gasteiger partial charge in [-0.25, -0.2) is 0 Å². The van der Waals surface area contributed by atoms with Gasteiger partial charge in [0.1, 0.15) is 0 Å². The van der Waals surface area contributed by atoms with Crippen LogP contribution in [-0.2, 0) is 4.79 Å². The van der Waals surface area contributed by atoms with E-state index in [1.807, 2.05) is 57.3 Å². The predicted molar refractivity (Wildman–Crippen MR) is 129 cm³/mol. The van der Waals surface area contributed by atoms with Crippen molar-refractivity contribution in [1.29, 1.82) is 0 Å². The average Bonchev–Trinajstić information content (AvgIpc) is 2.75. The second-order valence-corrected chi connectivity index (χ2v) is 6.92. The Morgan fingerprint density at radius 3 is 1.80 bits per heavy atom. The van der Waals surface area contributed by atoms with Gasteiger partial charge in [-0.2, -0.15) is 0 Å². The normalized spacial score (nSPS) is 9.23. The highest BCUT2D eigenvalue weighted by molar-refractivity contribution is 6.18. The number of hydrogen-bond acceptors (Lipinski definition) is 3. The minimum atomic E-state index is -0.182. The van der Waals surface area contributed by atoms with Crippen LogP contribution in [0.15, 0.2) is 61.2 Å². The zero-order valence-corrected chi connectivity index (χ0v) is 19.3. The molecule has 5 nitrogen and oxygen atoms in total. The third-order valence-electron chi connectivity index (χ3n) is 3.54. The van der Waals surface area contributed by atoms with Gasteiger partial charge in [0.2, 0.25) is 5.91 Å². The van der Waals surface area contributed by atoms with Gasteiger partial charge in [-0.1, -0.05) is 42.0 Å². The van der Waals surface area contributed by atoms with Crippen LogP contribution in [0.2, 0.25) is 0 Å². The summed E-state index contributed by atoms with van der Waals surface area (Å²) in [6, 6.07) is 15.0. The Morgan fingerprint density at radius 2 is 1.40 bits per heavy atom. The third-order valence-corrected chi connectivity index (χ3v) is 3.92. The van der Waals surface area contributed by atoms with Crippen LogP contribution < -0.4 is 16.0 Å². The standard InChI is InChI=1S/C10H12ClNO.C10H11NO.C3H8ClN/c1-8-2-4-9(5-3-8)10(13)12-7-6-11;1-3-10(12)11-9-6-4-8(2)5-7-9;1-5-3-2-4/h2-5H,6-7H2,1H3,(H,12,13);3-7H,1H2,2H3,(H,11,12);5H,2-3H2,1H3. The second-order valence-electron chi connectivity index (χ2n) is 6.16. The quantitative estimate of drug-likeness (QED) is 0.427. The summed E-state index contributed by atoms with van der Waals surface area (Å²) in [5, 5.41) is 8.24. The summed E-state index contributed by atoms with van der Waals surface area (Å²) in [7, 11) is 1.88. The van der Waals surface area contributed by atoms with Crippen LogP contribution >= 0.6 is 23.2 Å². The minimum Gasteiger partial charge on any atom is -0.351 e. The maximum Gasteiger partial charge on any atom is 0.251 e. The number of amides is 2. The maximum atomic E-state index is 11.3. The highest BCUT2D eigenvalue weighted by Gasteiger charge is 2.02. The van der Waals surface area contributed by atoms with E-state index in [0.717, 1.165) is 17.8 Å². The van der Waals surface area contributed by atoms with E-state index in [4.69, 9.17) is 23.2 Å². The molecule has 2 amide bonds. The molecule has 0 aromatic heterocycles. The molecule has 0 atom stereocenters. The van der Waals surface area contributed by atoms with Crippen molar-refractivity contribution in [2.75, 3.05) is 37.2 Å². The summed E-state index contributed by atoms with van der Waals surface area (Å²) in [4.78, 5) is 22.2. The molecule has 0 heterocycles. The minimum absolute atomic E-state index is 0.0688. The van der Waals surface area contributed by atoms with E-state index >= 15 is 0 Å². The fraction of sp³-hybridized carbons (Fsp3) is 0.304. The molecule has 7 heteroatoms. The lowest BCUT2D eigenvalue weighted by Gasteiger charge is -2.02. The van der Waals surface area contributed by atoms with Crippen LogP contribution in [0.5, 0.6) is 0 Å². The highest BCUT2D eigenvalue weighted by Crippen LogP contribution is 2.08. The number of hydrogen-bond donors (Lipinski definition) is 3. The van der Waals surface area contributed by atoms with Crippen LogP contribution in [0, 0.1) is 13.8 Å². The number of benzene rings is 2. The Bertz CT molecular complexity index is 746. The van der Waals surface area contributed by atoms with Crippen LogP contribution in [0.3, 0.4) is 0 Å². The molecule has 2 rings (SSSR count). The van der Waals surface area contributed by atoms with Gasteiger partial charge in [0.25, 0.3) is 5.91 Å². The first-order valence-electron chi connectivity index (χ1n) is 9.49. The van der Waals surface area contributed by atoms with Gasteiger partial charge in [0, 0.05) is 36.1 Å². The lowest BCUT2D eigenvalue weighted by atomic mass is 10.1. The molecule has 0 saturated heterocycles. The Hall–Kier alpha value is -2.34. The third kappa shape index (κ3) is 13.8. The molecule has 0 radical (unpaired) electrons. The number of rotatable bonds is 7. The van der Waals surface area contributed by atoms with Crippen LogP contribution in [-0.4, -0.2) is 43.7 Å². The molecule has 3 N–H and O–H groups in total. The number of carbonyl (C=O) groups excluding carboxylic acids is 2. The molecule has 30 heavy (non-hydrogen) atoms. The summed E-state index contributed by atoms with van der Waals surface area (Å²) in [5.41, 5.74) is 3.79. The Kier molecular flexibility index (Phi) is 16.1. The number of nitrogens with one attached hydrogen (secondary N) is 3. The van der Waals surface area contributed by atoms with E-state index in [2.05, 4.69) is 22.5 Å². The molecule has 2 aromatic carbocycles. The first kappa shape index (κ1) is 27.7.